The zero-order chi connectivity index (χ0) is 23.4. The van der Waals surface area contributed by atoms with Crippen LogP contribution in [0.4, 0.5) is 17.1 Å². The Balaban J connectivity index is 1.89. The molecule has 1 N–H and O–H groups in total. The molecule has 3 aromatic rings. The summed E-state index contributed by atoms with van der Waals surface area (Å²) in [6, 6.07) is 12.8. The van der Waals surface area contributed by atoms with Crippen LogP contribution in [0.15, 0.2) is 58.5 Å². The zero-order valence-corrected chi connectivity index (χ0v) is 17.1. The van der Waals surface area contributed by atoms with Crippen LogP contribution in [0.2, 0.25) is 5.02 Å². The molecule has 0 fully saturated rings. The molecule has 0 radical (unpaired) electrons. The number of hydrogen-bond donors (Lipinski definition) is 1. The molecule has 160 valence electrons. The molecule has 0 atom stereocenters. The maximum atomic E-state index is 12.5. The van der Waals surface area contributed by atoms with Crippen LogP contribution in [0.3, 0.4) is 0 Å². The van der Waals surface area contributed by atoms with Gasteiger partial charge in [-0.1, -0.05) is 17.7 Å². The number of anilines is 1. The van der Waals surface area contributed by atoms with Crippen LogP contribution in [-0.4, -0.2) is 15.8 Å². The fourth-order valence-corrected chi connectivity index (χ4v) is 2.94. The number of nitrogens with one attached hydrogen (secondary N) is 1. The summed E-state index contributed by atoms with van der Waals surface area (Å²) in [5, 5.41) is 34.0. The van der Waals surface area contributed by atoms with E-state index in [-0.39, 0.29) is 44.7 Å². The van der Waals surface area contributed by atoms with Crippen LogP contribution in [0, 0.1) is 38.5 Å². The highest BCUT2D eigenvalue weighted by Gasteiger charge is 2.19. The lowest BCUT2D eigenvalue weighted by molar-refractivity contribution is -0.384. The highest BCUT2D eigenvalue weighted by Crippen LogP contribution is 2.32. The summed E-state index contributed by atoms with van der Waals surface area (Å²) in [7, 11) is 0. The van der Waals surface area contributed by atoms with Gasteiger partial charge in [0, 0.05) is 24.3 Å². The van der Waals surface area contributed by atoms with Crippen molar-refractivity contribution in [1.82, 2.24) is 0 Å². The Labute approximate surface area is 185 Å². The molecule has 0 aliphatic carbocycles. The van der Waals surface area contributed by atoms with Gasteiger partial charge in [-0.25, -0.2) is 0 Å². The monoisotopic (exact) mass is 452 g/mol. The maximum Gasteiger partial charge on any atom is 0.280 e. The lowest BCUT2D eigenvalue weighted by Crippen LogP contribution is -2.13. The number of rotatable bonds is 6. The molecule has 1 aromatic heterocycles. The normalized spacial score (nSPS) is 11.0. The van der Waals surface area contributed by atoms with E-state index in [0.29, 0.717) is 5.56 Å². The predicted octanol–water partition coefficient (Wildman–Crippen LogP) is 5.27. The number of aryl methyl sites for hydroxylation is 1. The Morgan fingerprint density at radius 2 is 1.88 bits per heavy atom. The first-order valence-corrected chi connectivity index (χ1v) is 9.29. The number of nitrogens with zero attached hydrogens (tertiary/aromatic N) is 3. The lowest BCUT2D eigenvalue weighted by atomic mass is 10.1. The van der Waals surface area contributed by atoms with Crippen molar-refractivity contribution in [1.29, 1.82) is 5.26 Å². The average Bonchev–Trinajstić information content (AvgIpc) is 3.21. The van der Waals surface area contributed by atoms with Crippen molar-refractivity contribution in [2.75, 3.05) is 5.32 Å². The summed E-state index contributed by atoms with van der Waals surface area (Å²) in [5.41, 5.74) is 0.104. The zero-order valence-electron chi connectivity index (χ0n) is 16.4. The van der Waals surface area contributed by atoms with Crippen LogP contribution in [0.25, 0.3) is 17.4 Å². The lowest BCUT2D eigenvalue weighted by Gasteiger charge is -2.06. The van der Waals surface area contributed by atoms with Crippen LogP contribution in [0.5, 0.6) is 0 Å². The minimum absolute atomic E-state index is 0.0394. The average molecular weight is 453 g/mol. The Bertz CT molecular complexity index is 1320. The molecular formula is C21H13ClN4O6. The number of hydrogen-bond acceptors (Lipinski definition) is 7. The maximum absolute atomic E-state index is 12.5. The van der Waals surface area contributed by atoms with Crippen molar-refractivity contribution in [2.24, 2.45) is 0 Å². The minimum atomic E-state index is -0.867. The number of carbonyl (C=O) groups is 1. The third-order valence-electron chi connectivity index (χ3n) is 4.30. The number of nitro groups is 2. The summed E-state index contributed by atoms with van der Waals surface area (Å²) in [6.45, 7) is 1.72. The topological polar surface area (TPSA) is 152 Å². The second-order valence-electron chi connectivity index (χ2n) is 6.52. The summed E-state index contributed by atoms with van der Waals surface area (Å²) in [5.74, 6) is -0.580. The highest BCUT2D eigenvalue weighted by molar-refractivity contribution is 6.34. The van der Waals surface area contributed by atoms with Crippen LogP contribution in [-0.2, 0) is 4.79 Å². The van der Waals surface area contributed by atoms with E-state index in [4.69, 9.17) is 16.0 Å². The first-order chi connectivity index (χ1) is 15.2. The quantitative estimate of drug-likeness (QED) is 0.231. The van der Waals surface area contributed by atoms with E-state index in [0.717, 1.165) is 12.1 Å². The molecule has 0 aliphatic heterocycles. The summed E-state index contributed by atoms with van der Waals surface area (Å²) in [6.07, 6.45) is 1.14. The molecule has 0 saturated heterocycles. The van der Waals surface area contributed by atoms with Crippen LogP contribution >= 0.6 is 11.6 Å². The van der Waals surface area contributed by atoms with E-state index >= 15 is 0 Å². The van der Waals surface area contributed by atoms with Crippen molar-refractivity contribution in [3.8, 4) is 17.4 Å². The number of halogens is 1. The first-order valence-electron chi connectivity index (χ1n) is 8.92. The molecule has 11 heteroatoms. The molecule has 0 unspecified atom stereocenters. The van der Waals surface area contributed by atoms with Gasteiger partial charge in [0.15, 0.2) is 0 Å². The number of carbonyl (C=O) groups excluding carboxylic acids is 1. The van der Waals surface area contributed by atoms with Crippen molar-refractivity contribution in [3.05, 3.63) is 90.7 Å². The SMILES string of the molecule is Cc1ccc(-c2ccc(/C=C(\C#N)C(=O)Nc3cc([N+](=O)[O-])ccc3Cl)o2)c([N+](=O)[O-])c1. The molecule has 1 amide bonds. The van der Waals surface area contributed by atoms with E-state index in [2.05, 4.69) is 5.32 Å². The van der Waals surface area contributed by atoms with E-state index in [1.807, 2.05) is 0 Å². The van der Waals surface area contributed by atoms with Gasteiger partial charge in [0.25, 0.3) is 17.3 Å². The van der Waals surface area contributed by atoms with E-state index in [9.17, 15) is 30.3 Å². The van der Waals surface area contributed by atoms with Gasteiger partial charge in [-0.3, -0.25) is 25.0 Å². The van der Waals surface area contributed by atoms with Gasteiger partial charge in [-0.15, -0.1) is 0 Å². The predicted molar refractivity (Wildman–Crippen MR) is 116 cm³/mol. The fourth-order valence-electron chi connectivity index (χ4n) is 2.78. The highest BCUT2D eigenvalue weighted by atomic mass is 35.5. The smallest absolute Gasteiger partial charge is 0.280 e. The largest absolute Gasteiger partial charge is 0.456 e. The molecule has 2 aromatic carbocycles. The van der Waals surface area contributed by atoms with E-state index < -0.39 is 15.8 Å². The third-order valence-corrected chi connectivity index (χ3v) is 4.63. The number of amides is 1. The Morgan fingerprint density at radius 3 is 2.53 bits per heavy atom. The number of furan rings is 1. The van der Waals surface area contributed by atoms with Crippen LogP contribution in [0.1, 0.15) is 11.3 Å². The summed E-state index contributed by atoms with van der Waals surface area (Å²) >= 11 is 5.96. The molecular weight excluding hydrogens is 440 g/mol. The van der Waals surface area contributed by atoms with Crippen molar-refractivity contribution in [2.45, 2.75) is 6.92 Å². The van der Waals surface area contributed by atoms with Crippen molar-refractivity contribution in [3.63, 3.8) is 0 Å². The Kier molecular flexibility index (Phi) is 6.32. The van der Waals surface area contributed by atoms with Crippen molar-refractivity contribution >= 4 is 40.6 Å². The molecule has 0 spiro atoms. The molecule has 0 saturated carbocycles. The molecule has 10 nitrogen and oxygen atoms in total. The van der Waals surface area contributed by atoms with Gasteiger partial charge in [0.1, 0.15) is 23.2 Å². The Hall–Kier alpha value is -4.49. The van der Waals surface area contributed by atoms with Gasteiger partial charge in [0.2, 0.25) is 0 Å². The van der Waals surface area contributed by atoms with Gasteiger partial charge in [-0.2, -0.15) is 5.26 Å². The molecule has 32 heavy (non-hydrogen) atoms. The van der Waals surface area contributed by atoms with Gasteiger partial charge < -0.3 is 9.73 Å². The number of nitro benzene ring substituents is 2. The Morgan fingerprint density at radius 1 is 1.12 bits per heavy atom. The third kappa shape index (κ3) is 4.80. The van der Waals surface area contributed by atoms with Gasteiger partial charge in [0.05, 0.1) is 26.1 Å². The van der Waals surface area contributed by atoms with E-state index in [1.165, 1.54) is 30.3 Å². The number of non-ortho nitro benzene ring substituents is 1. The summed E-state index contributed by atoms with van der Waals surface area (Å²) < 4.78 is 5.58. The number of nitriles is 1. The second-order valence-corrected chi connectivity index (χ2v) is 6.93. The van der Waals surface area contributed by atoms with Crippen molar-refractivity contribution < 1.29 is 19.1 Å². The van der Waals surface area contributed by atoms with Crippen LogP contribution < -0.4 is 5.32 Å². The second kappa shape index (κ2) is 9.11. The van der Waals surface area contributed by atoms with E-state index in [1.54, 1.807) is 25.1 Å². The first kappa shape index (κ1) is 22.2. The fraction of sp³-hybridized carbons (Fsp3) is 0.0476. The minimum Gasteiger partial charge on any atom is -0.456 e. The molecule has 3 rings (SSSR count). The molecule has 0 bridgehead atoms. The summed E-state index contributed by atoms with van der Waals surface area (Å²) in [4.78, 5) is 33.6. The van der Waals surface area contributed by atoms with Gasteiger partial charge >= 0.3 is 0 Å². The number of benzene rings is 2. The molecule has 0 aliphatic rings. The van der Waals surface area contributed by atoms with Gasteiger partial charge in [-0.05, 0) is 36.8 Å². The standard InChI is InChI=1S/C21H13ClN4O6/c1-12-2-5-16(19(8-12)26(30)31)20-7-4-15(32-20)9-13(11-23)21(27)24-18-10-14(25(28)29)3-6-17(18)22/h2-10H,1H3,(H,24,27)/b13-9+. The molecule has 1 heterocycles.